The average Bonchev–Trinajstić information content (AvgIpc) is 2.29. The second-order valence-electron chi connectivity index (χ2n) is 4.95. The Labute approximate surface area is 118 Å². The van der Waals surface area contributed by atoms with Crippen molar-refractivity contribution in [2.75, 3.05) is 19.6 Å². The van der Waals surface area contributed by atoms with Crippen molar-refractivity contribution in [2.45, 2.75) is 25.9 Å². The van der Waals surface area contributed by atoms with E-state index in [2.05, 4.69) is 17.1 Å². The van der Waals surface area contributed by atoms with Gasteiger partial charge in [0.2, 0.25) is 5.91 Å². The summed E-state index contributed by atoms with van der Waals surface area (Å²) in [4.78, 5) is 13.5. The van der Waals surface area contributed by atoms with Crippen LogP contribution in [0.2, 0.25) is 5.02 Å². The van der Waals surface area contributed by atoms with Crippen molar-refractivity contribution in [3.63, 3.8) is 0 Å². The maximum absolute atomic E-state index is 11.1. The number of amides is 1. The molecule has 0 spiro atoms. The van der Waals surface area contributed by atoms with Gasteiger partial charge < -0.3 is 11.1 Å². The van der Waals surface area contributed by atoms with Crippen molar-refractivity contribution in [1.82, 2.24) is 10.2 Å². The van der Waals surface area contributed by atoms with Crippen LogP contribution in [-0.2, 0) is 6.54 Å². The highest BCUT2D eigenvalue weighted by atomic mass is 35.5. The van der Waals surface area contributed by atoms with E-state index in [1.165, 1.54) is 0 Å². The van der Waals surface area contributed by atoms with E-state index in [1.54, 1.807) is 12.1 Å². The van der Waals surface area contributed by atoms with Crippen molar-refractivity contribution in [2.24, 2.45) is 5.73 Å². The molecule has 1 aliphatic rings. The minimum atomic E-state index is -0.443. The number of benzene rings is 1. The topological polar surface area (TPSA) is 58.4 Å². The summed E-state index contributed by atoms with van der Waals surface area (Å²) in [5.41, 5.74) is 6.75. The van der Waals surface area contributed by atoms with E-state index in [0.29, 0.717) is 16.6 Å². The van der Waals surface area contributed by atoms with Gasteiger partial charge in [-0.05, 0) is 30.7 Å². The van der Waals surface area contributed by atoms with Crippen molar-refractivity contribution < 1.29 is 4.79 Å². The van der Waals surface area contributed by atoms with Crippen LogP contribution in [0.4, 0.5) is 0 Å². The molecule has 0 aromatic heterocycles. The molecule has 5 heteroatoms. The number of nitrogens with one attached hydrogen (secondary N) is 1. The average molecular weight is 282 g/mol. The predicted molar refractivity (Wildman–Crippen MR) is 77.3 cm³/mol. The van der Waals surface area contributed by atoms with Crippen LogP contribution >= 0.6 is 11.6 Å². The Hall–Kier alpha value is -1.10. The molecule has 0 bridgehead atoms. The number of carbonyl (C=O) groups is 1. The van der Waals surface area contributed by atoms with Crippen LogP contribution in [0.5, 0.6) is 0 Å². The zero-order valence-electron chi connectivity index (χ0n) is 11.2. The number of hydrogen-bond acceptors (Lipinski definition) is 3. The van der Waals surface area contributed by atoms with Gasteiger partial charge in [0.1, 0.15) is 0 Å². The maximum Gasteiger partial charge on any atom is 0.248 e. The molecule has 1 amide bonds. The molecule has 104 valence electrons. The first-order valence-electron chi connectivity index (χ1n) is 6.64. The van der Waals surface area contributed by atoms with Crippen LogP contribution in [0.3, 0.4) is 0 Å². The van der Waals surface area contributed by atoms with E-state index < -0.39 is 5.91 Å². The monoisotopic (exact) mass is 281 g/mol. The molecule has 1 aromatic rings. The van der Waals surface area contributed by atoms with Crippen LogP contribution in [-0.4, -0.2) is 36.5 Å². The van der Waals surface area contributed by atoms with E-state index in [-0.39, 0.29) is 0 Å². The third-order valence-electron chi connectivity index (χ3n) is 3.50. The minimum absolute atomic E-state index is 0.443. The molecule has 19 heavy (non-hydrogen) atoms. The minimum Gasteiger partial charge on any atom is -0.366 e. The molecule has 4 nitrogen and oxygen atoms in total. The van der Waals surface area contributed by atoms with Gasteiger partial charge >= 0.3 is 0 Å². The van der Waals surface area contributed by atoms with Crippen molar-refractivity contribution in [3.8, 4) is 0 Å². The molecule has 1 fully saturated rings. The summed E-state index contributed by atoms with van der Waals surface area (Å²) in [7, 11) is 0. The summed E-state index contributed by atoms with van der Waals surface area (Å²) in [6.45, 7) is 6.13. The molecule has 1 aromatic carbocycles. The first-order chi connectivity index (χ1) is 9.11. The number of halogens is 1. The quantitative estimate of drug-likeness (QED) is 0.833. The highest BCUT2D eigenvalue weighted by Gasteiger charge is 2.24. The number of nitrogens with zero attached hydrogens (tertiary/aromatic N) is 1. The van der Waals surface area contributed by atoms with Crippen LogP contribution in [0.15, 0.2) is 18.2 Å². The van der Waals surface area contributed by atoms with Gasteiger partial charge in [0.25, 0.3) is 0 Å². The lowest BCUT2D eigenvalue weighted by Gasteiger charge is -2.38. The predicted octanol–water partition coefficient (Wildman–Crippen LogP) is 1.62. The standard InChI is InChI=1S/C14H20ClN3O/c1-2-5-18(12-7-17-8-12)9-11-4-3-10(14(16)19)6-13(11)15/h3-4,6,12,17H,2,5,7-9H2,1H3,(H2,16,19). The maximum atomic E-state index is 11.1. The van der Waals surface area contributed by atoms with Gasteiger partial charge in [0.15, 0.2) is 0 Å². The van der Waals surface area contributed by atoms with Crippen LogP contribution < -0.4 is 11.1 Å². The van der Waals surface area contributed by atoms with Crippen LogP contribution in [0.1, 0.15) is 29.3 Å². The number of carbonyl (C=O) groups excluding carboxylic acids is 1. The molecule has 0 saturated carbocycles. The molecular weight excluding hydrogens is 262 g/mol. The van der Waals surface area contributed by atoms with E-state index in [9.17, 15) is 4.79 Å². The van der Waals surface area contributed by atoms with Crippen LogP contribution in [0.25, 0.3) is 0 Å². The second kappa shape index (κ2) is 6.37. The molecule has 0 aliphatic carbocycles. The summed E-state index contributed by atoms with van der Waals surface area (Å²) in [5.74, 6) is -0.443. The fraction of sp³-hybridized carbons (Fsp3) is 0.500. The zero-order valence-corrected chi connectivity index (χ0v) is 11.9. The van der Waals surface area contributed by atoms with Gasteiger partial charge in [-0.25, -0.2) is 0 Å². The number of nitrogens with two attached hydrogens (primary N) is 1. The SMILES string of the molecule is CCCN(Cc1ccc(C(N)=O)cc1Cl)C1CNC1. The summed E-state index contributed by atoms with van der Waals surface area (Å²) in [5, 5.41) is 3.90. The van der Waals surface area contributed by atoms with Gasteiger partial charge in [-0.15, -0.1) is 0 Å². The Morgan fingerprint density at radius 3 is 2.74 bits per heavy atom. The van der Waals surface area contributed by atoms with Crippen LogP contribution in [0, 0.1) is 0 Å². The summed E-state index contributed by atoms with van der Waals surface area (Å²) < 4.78 is 0. The first kappa shape index (κ1) is 14.3. The molecule has 1 heterocycles. The molecular formula is C14H20ClN3O. The van der Waals surface area contributed by atoms with Crippen molar-refractivity contribution >= 4 is 17.5 Å². The highest BCUT2D eigenvalue weighted by Crippen LogP contribution is 2.21. The largest absolute Gasteiger partial charge is 0.366 e. The lowest BCUT2D eigenvalue weighted by molar-refractivity contribution is 0.1000. The molecule has 2 rings (SSSR count). The van der Waals surface area contributed by atoms with E-state index in [0.717, 1.165) is 38.2 Å². The highest BCUT2D eigenvalue weighted by molar-refractivity contribution is 6.31. The normalized spacial score (nSPS) is 15.5. The van der Waals surface area contributed by atoms with Crippen molar-refractivity contribution in [3.05, 3.63) is 34.3 Å². The fourth-order valence-corrected chi connectivity index (χ4v) is 2.50. The van der Waals surface area contributed by atoms with Gasteiger partial charge in [0.05, 0.1) is 0 Å². The van der Waals surface area contributed by atoms with E-state index in [1.807, 2.05) is 6.07 Å². The molecule has 1 aliphatic heterocycles. The zero-order chi connectivity index (χ0) is 13.8. The summed E-state index contributed by atoms with van der Waals surface area (Å²) in [6, 6.07) is 5.89. The first-order valence-corrected chi connectivity index (χ1v) is 7.02. The Morgan fingerprint density at radius 1 is 1.53 bits per heavy atom. The fourth-order valence-electron chi connectivity index (χ4n) is 2.26. The Balaban J connectivity index is 2.09. The molecule has 0 atom stereocenters. The molecule has 0 unspecified atom stereocenters. The second-order valence-corrected chi connectivity index (χ2v) is 5.36. The Bertz CT molecular complexity index is 460. The van der Waals surface area contributed by atoms with Gasteiger partial charge in [-0.1, -0.05) is 24.6 Å². The Morgan fingerprint density at radius 2 is 2.26 bits per heavy atom. The third kappa shape index (κ3) is 3.47. The summed E-state index contributed by atoms with van der Waals surface area (Å²) in [6.07, 6.45) is 1.12. The number of primary amides is 1. The Kier molecular flexibility index (Phi) is 4.80. The number of hydrogen-bond donors (Lipinski definition) is 2. The lowest BCUT2D eigenvalue weighted by Crippen LogP contribution is -2.57. The van der Waals surface area contributed by atoms with Gasteiger partial charge in [-0.3, -0.25) is 9.69 Å². The third-order valence-corrected chi connectivity index (χ3v) is 3.85. The number of rotatable bonds is 6. The van der Waals surface area contributed by atoms with E-state index in [4.69, 9.17) is 17.3 Å². The molecule has 1 saturated heterocycles. The molecule has 3 N–H and O–H groups in total. The van der Waals surface area contributed by atoms with Crippen molar-refractivity contribution in [1.29, 1.82) is 0 Å². The van der Waals surface area contributed by atoms with E-state index >= 15 is 0 Å². The smallest absolute Gasteiger partial charge is 0.248 e. The van der Waals surface area contributed by atoms with Gasteiger partial charge in [-0.2, -0.15) is 0 Å². The summed E-state index contributed by atoms with van der Waals surface area (Å²) >= 11 is 6.23. The lowest BCUT2D eigenvalue weighted by atomic mass is 10.1. The molecule has 0 radical (unpaired) electrons. The van der Waals surface area contributed by atoms with Gasteiger partial charge in [0, 0.05) is 36.3 Å².